The van der Waals surface area contributed by atoms with Crippen LogP contribution in [0.3, 0.4) is 0 Å². The maximum Gasteiger partial charge on any atom is 0.333 e. The van der Waals surface area contributed by atoms with Gasteiger partial charge in [-0.05, 0) is 37.0 Å². The van der Waals surface area contributed by atoms with Crippen molar-refractivity contribution < 1.29 is 19.0 Å². The number of carbonyl (C=O) groups excluding carboxylic acids is 1. The second kappa shape index (κ2) is 10.6. The number of hydrogen-bond acceptors (Lipinski definition) is 4. The van der Waals surface area contributed by atoms with E-state index in [9.17, 15) is 4.79 Å². The first-order chi connectivity index (χ1) is 12.5. The summed E-state index contributed by atoms with van der Waals surface area (Å²) in [6.07, 6.45) is 7.11. The molecule has 1 aliphatic heterocycles. The third kappa shape index (κ3) is 8.35. The van der Waals surface area contributed by atoms with Crippen molar-refractivity contribution in [2.75, 3.05) is 6.61 Å². The largest absolute Gasteiger partial charge is 0.462 e. The lowest BCUT2D eigenvalue weighted by Gasteiger charge is -2.44. The molecule has 0 aromatic rings. The molecule has 0 bridgehead atoms. The molecule has 0 radical (unpaired) electrons. The molecule has 1 rings (SSSR count). The molecule has 0 amide bonds. The van der Waals surface area contributed by atoms with Crippen LogP contribution in [0.1, 0.15) is 93.4 Å². The standard InChI is InChI=1S/C23H42O4/c1-9-13-23(7,8)19-15-18(16-22(5,6)10-2)26-20(27-19)12-11-14-25-21(24)17(3)4/h18-20H,3,9-16H2,1-2,4-8H3. The van der Waals surface area contributed by atoms with Gasteiger partial charge in [-0.2, -0.15) is 0 Å². The Labute approximate surface area is 167 Å². The van der Waals surface area contributed by atoms with Crippen molar-refractivity contribution in [1.82, 2.24) is 0 Å². The minimum absolute atomic E-state index is 0.137. The molecule has 4 nitrogen and oxygen atoms in total. The van der Waals surface area contributed by atoms with Gasteiger partial charge in [0.2, 0.25) is 0 Å². The summed E-state index contributed by atoms with van der Waals surface area (Å²) in [5.74, 6) is -0.329. The predicted molar refractivity (Wildman–Crippen MR) is 111 cm³/mol. The fourth-order valence-corrected chi connectivity index (χ4v) is 3.65. The second-order valence-electron chi connectivity index (χ2n) is 9.57. The molecule has 1 aliphatic rings. The Morgan fingerprint density at radius 3 is 2.41 bits per heavy atom. The SMILES string of the molecule is C=C(C)C(=O)OCCCC1OC(CC(C)(C)CC)CC(C(C)(C)CCC)O1. The molecular weight excluding hydrogens is 340 g/mol. The molecule has 0 saturated carbocycles. The lowest BCUT2D eigenvalue weighted by molar-refractivity contribution is -0.271. The maximum absolute atomic E-state index is 11.5. The zero-order chi connectivity index (χ0) is 20.7. The van der Waals surface area contributed by atoms with E-state index in [1.54, 1.807) is 6.92 Å². The van der Waals surface area contributed by atoms with Crippen molar-refractivity contribution >= 4 is 5.97 Å². The molecule has 4 heteroatoms. The molecular formula is C23H42O4. The second-order valence-corrected chi connectivity index (χ2v) is 9.57. The van der Waals surface area contributed by atoms with Crippen molar-refractivity contribution in [3.8, 4) is 0 Å². The van der Waals surface area contributed by atoms with Crippen LogP contribution >= 0.6 is 0 Å². The van der Waals surface area contributed by atoms with Crippen LogP contribution in [0, 0.1) is 10.8 Å². The third-order valence-electron chi connectivity index (χ3n) is 5.81. The fraction of sp³-hybridized carbons (Fsp3) is 0.870. The van der Waals surface area contributed by atoms with Crippen LogP contribution in [-0.4, -0.2) is 31.1 Å². The summed E-state index contributed by atoms with van der Waals surface area (Å²) >= 11 is 0. The number of esters is 1. The highest BCUT2D eigenvalue weighted by Crippen LogP contribution is 2.40. The van der Waals surface area contributed by atoms with Crippen molar-refractivity contribution in [1.29, 1.82) is 0 Å². The summed E-state index contributed by atoms with van der Waals surface area (Å²) in [7, 11) is 0. The normalized spacial score (nSPS) is 23.9. The summed E-state index contributed by atoms with van der Waals surface area (Å²) in [5, 5.41) is 0. The van der Waals surface area contributed by atoms with Crippen LogP contribution < -0.4 is 0 Å². The molecule has 158 valence electrons. The Bertz CT molecular complexity index is 481. The molecule has 1 fully saturated rings. The van der Waals surface area contributed by atoms with Gasteiger partial charge in [-0.15, -0.1) is 0 Å². The van der Waals surface area contributed by atoms with Gasteiger partial charge in [0, 0.05) is 18.4 Å². The topological polar surface area (TPSA) is 44.8 Å². The molecule has 3 unspecified atom stereocenters. The van der Waals surface area contributed by atoms with Gasteiger partial charge in [0.25, 0.3) is 0 Å². The number of carbonyl (C=O) groups is 1. The van der Waals surface area contributed by atoms with Gasteiger partial charge >= 0.3 is 5.97 Å². The first kappa shape index (κ1) is 24.2. The van der Waals surface area contributed by atoms with E-state index in [0.29, 0.717) is 12.2 Å². The van der Waals surface area contributed by atoms with Gasteiger partial charge in [0.05, 0.1) is 18.8 Å². The van der Waals surface area contributed by atoms with Crippen LogP contribution in [-0.2, 0) is 19.0 Å². The Hall–Kier alpha value is -0.870. The van der Waals surface area contributed by atoms with E-state index in [4.69, 9.17) is 14.2 Å². The predicted octanol–water partition coefficient (Wildman–Crippen LogP) is 6.04. The van der Waals surface area contributed by atoms with Gasteiger partial charge in [-0.1, -0.05) is 61.0 Å². The number of rotatable bonds is 11. The van der Waals surface area contributed by atoms with Crippen molar-refractivity contribution in [3.05, 3.63) is 12.2 Å². The quantitative estimate of drug-likeness (QED) is 0.248. The molecule has 0 aromatic carbocycles. The summed E-state index contributed by atoms with van der Waals surface area (Å²) in [6.45, 7) is 19.3. The van der Waals surface area contributed by atoms with Crippen LogP contribution in [0.4, 0.5) is 0 Å². The van der Waals surface area contributed by atoms with Crippen LogP contribution in [0.2, 0.25) is 0 Å². The lowest BCUT2D eigenvalue weighted by Crippen LogP contribution is -2.46. The molecule has 1 heterocycles. The van der Waals surface area contributed by atoms with E-state index in [-0.39, 0.29) is 35.3 Å². The Kier molecular flexibility index (Phi) is 9.50. The average Bonchev–Trinajstić information content (AvgIpc) is 2.57. The minimum atomic E-state index is -0.329. The Morgan fingerprint density at radius 1 is 1.19 bits per heavy atom. The molecule has 0 aromatic heterocycles. The first-order valence-electron chi connectivity index (χ1n) is 10.6. The highest BCUT2D eigenvalue weighted by molar-refractivity contribution is 5.86. The fourth-order valence-electron chi connectivity index (χ4n) is 3.65. The summed E-state index contributed by atoms with van der Waals surface area (Å²) in [6, 6.07) is 0. The van der Waals surface area contributed by atoms with E-state index in [1.165, 1.54) is 0 Å². The van der Waals surface area contributed by atoms with E-state index >= 15 is 0 Å². The summed E-state index contributed by atoms with van der Waals surface area (Å²) in [5.41, 5.74) is 0.837. The van der Waals surface area contributed by atoms with Crippen molar-refractivity contribution in [3.63, 3.8) is 0 Å². The molecule has 3 atom stereocenters. The minimum Gasteiger partial charge on any atom is -0.462 e. The molecule has 1 saturated heterocycles. The maximum atomic E-state index is 11.5. The Balaban J connectivity index is 2.68. The van der Waals surface area contributed by atoms with E-state index < -0.39 is 0 Å². The van der Waals surface area contributed by atoms with Gasteiger partial charge < -0.3 is 14.2 Å². The van der Waals surface area contributed by atoms with E-state index in [0.717, 1.165) is 44.9 Å². The molecule has 0 aliphatic carbocycles. The molecule has 27 heavy (non-hydrogen) atoms. The molecule has 0 spiro atoms. The van der Waals surface area contributed by atoms with E-state index in [2.05, 4.69) is 48.1 Å². The Morgan fingerprint density at radius 2 is 1.85 bits per heavy atom. The number of hydrogen-bond donors (Lipinski definition) is 0. The van der Waals surface area contributed by atoms with Gasteiger partial charge in [-0.25, -0.2) is 4.79 Å². The average molecular weight is 383 g/mol. The zero-order valence-corrected chi connectivity index (χ0v) is 18.7. The van der Waals surface area contributed by atoms with Crippen molar-refractivity contribution in [2.45, 2.75) is 112 Å². The summed E-state index contributed by atoms with van der Waals surface area (Å²) in [4.78, 5) is 11.5. The van der Waals surface area contributed by atoms with Gasteiger partial charge in [0.15, 0.2) is 6.29 Å². The first-order valence-corrected chi connectivity index (χ1v) is 10.6. The summed E-state index contributed by atoms with van der Waals surface area (Å²) < 4.78 is 17.9. The lowest BCUT2D eigenvalue weighted by atomic mass is 9.76. The van der Waals surface area contributed by atoms with Crippen LogP contribution in [0.25, 0.3) is 0 Å². The van der Waals surface area contributed by atoms with Crippen LogP contribution in [0.15, 0.2) is 12.2 Å². The highest BCUT2D eigenvalue weighted by Gasteiger charge is 2.39. The van der Waals surface area contributed by atoms with Crippen molar-refractivity contribution in [2.24, 2.45) is 10.8 Å². The third-order valence-corrected chi connectivity index (χ3v) is 5.81. The van der Waals surface area contributed by atoms with Gasteiger partial charge in [0.1, 0.15) is 0 Å². The van der Waals surface area contributed by atoms with Gasteiger partial charge in [-0.3, -0.25) is 0 Å². The number of ether oxygens (including phenoxy) is 3. The monoisotopic (exact) mass is 382 g/mol. The zero-order valence-electron chi connectivity index (χ0n) is 18.7. The highest BCUT2D eigenvalue weighted by atomic mass is 16.7. The smallest absolute Gasteiger partial charge is 0.333 e. The van der Waals surface area contributed by atoms with E-state index in [1.807, 2.05) is 0 Å². The molecule has 0 N–H and O–H groups in total. The van der Waals surface area contributed by atoms with Crippen LogP contribution in [0.5, 0.6) is 0 Å².